The molecule has 1 heterocycles. The van der Waals surface area contributed by atoms with Gasteiger partial charge < -0.3 is 11.1 Å². The van der Waals surface area contributed by atoms with E-state index in [1.165, 1.54) is 49.8 Å². The van der Waals surface area contributed by atoms with Gasteiger partial charge in [0, 0.05) is 18.4 Å². The molecule has 0 bridgehead atoms. The maximum Gasteiger partial charge on any atom is 1.00 e. The van der Waals surface area contributed by atoms with E-state index >= 15 is 0 Å². The third-order valence-corrected chi connectivity index (χ3v) is 7.60. The molecule has 1 atom stereocenters. The SMILES string of the molecule is COc1ccc(-c2c(Cl)ncn2-c2ccc(S(=O)(=O)NP(=O)(O)OC)cc2)cc1F.[H-].[Na+]. The van der Waals surface area contributed by atoms with Crippen molar-refractivity contribution in [2.45, 2.75) is 4.90 Å². The van der Waals surface area contributed by atoms with Crippen molar-refractivity contribution in [2.75, 3.05) is 14.2 Å². The van der Waals surface area contributed by atoms with Crippen molar-refractivity contribution < 1.29 is 62.5 Å². The van der Waals surface area contributed by atoms with Gasteiger partial charge in [-0.15, -0.1) is 4.49 Å². The first-order valence-electron chi connectivity index (χ1n) is 8.18. The maximum atomic E-state index is 14.1. The Morgan fingerprint density at radius 1 is 1.23 bits per heavy atom. The smallest absolute Gasteiger partial charge is 1.00 e. The molecule has 1 unspecified atom stereocenters. The number of nitrogens with one attached hydrogen (secondary N) is 1. The molecular weight excluding hydrogens is 483 g/mol. The number of benzene rings is 2. The van der Waals surface area contributed by atoms with E-state index in [-0.39, 0.29) is 46.8 Å². The van der Waals surface area contributed by atoms with Gasteiger partial charge in [-0.2, -0.15) is 0 Å². The summed E-state index contributed by atoms with van der Waals surface area (Å²) in [5.41, 5.74) is 1.28. The minimum Gasteiger partial charge on any atom is -1.00 e. The summed E-state index contributed by atoms with van der Waals surface area (Å²) < 4.78 is 62.4. The minimum absolute atomic E-state index is 0. The summed E-state index contributed by atoms with van der Waals surface area (Å²) in [7, 11) is -6.55. The Bertz CT molecular complexity index is 1250. The molecule has 0 radical (unpaired) electrons. The maximum absolute atomic E-state index is 14.1. The van der Waals surface area contributed by atoms with E-state index in [0.717, 1.165) is 7.11 Å². The monoisotopic (exact) mass is 499 g/mol. The van der Waals surface area contributed by atoms with Crippen LogP contribution in [-0.2, 0) is 19.1 Å². The van der Waals surface area contributed by atoms with Crippen LogP contribution in [0.25, 0.3) is 16.9 Å². The molecule has 3 rings (SSSR count). The predicted octanol–water partition coefficient (Wildman–Crippen LogP) is 0.482. The molecule has 0 saturated heterocycles. The van der Waals surface area contributed by atoms with Crippen LogP contribution in [0, 0.1) is 5.82 Å². The average Bonchev–Trinajstić information content (AvgIpc) is 3.08. The number of aromatic nitrogens is 2. The van der Waals surface area contributed by atoms with Gasteiger partial charge in [0.1, 0.15) is 6.33 Å². The molecule has 9 nitrogen and oxygen atoms in total. The molecule has 0 amide bonds. The van der Waals surface area contributed by atoms with Crippen LogP contribution in [0.3, 0.4) is 0 Å². The average molecular weight is 500 g/mol. The van der Waals surface area contributed by atoms with E-state index in [9.17, 15) is 22.3 Å². The molecule has 0 fully saturated rings. The van der Waals surface area contributed by atoms with Crippen molar-refractivity contribution in [1.29, 1.82) is 0 Å². The third kappa shape index (κ3) is 5.75. The fourth-order valence-electron chi connectivity index (χ4n) is 2.62. The van der Waals surface area contributed by atoms with E-state index in [1.54, 1.807) is 15.1 Å². The molecule has 0 saturated carbocycles. The van der Waals surface area contributed by atoms with Crippen molar-refractivity contribution >= 4 is 29.4 Å². The van der Waals surface area contributed by atoms with Crippen molar-refractivity contribution in [2.24, 2.45) is 0 Å². The molecule has 0 aliphatic carbocycles. The molecule has 31 heavy (non-hydrogen) atoms. The second-order valence-corrected chi connectivity index (χ2v) is 9.87. The first-order chi connectivity index (χ1) is 14.1. The van der Waals surface area contributed by atoms with Gasteiger partial charge in [-0.05, 0) is 42.5 Å². The fourth-order valence-corrected chi connectivity index (χ4v) is 5.30. The van der Waals surface area contributed by atoms with Crippen LogP contribution < -0.4 is 38.8 Å². The van der Waals surface area contributed by atoms with Crippen LogP contribution in [0.5, 0.6) is 5.75 Å². The van der Waals surface area contributed by atoms with Crippen LogP contribution >= 0.6 is 19.3 Å². The number of imidazole rings is 1. The van der Waals surface area contributed by atoms with Crippen LogP contribution in [0.4, 0.5) is 4.39 Å². The van der Waals surface area contributed by atoms with E-state index in [4.69, 9.17) is 16.3 Å². The second-order valence-electron chi connectivity index (χ2n) is 5.89. The summed E-state index contributed by atoms with van der Waals surface area (Å²) in [6.07, 6.45) is 1.40. The molecule has 0 aliphatic rings. The molecule has 0 spiro atoms. The number of methoxy groups -OCH3 is 1. The van der Waals surface area contributed by atoms with E-state index in [1.807, 2.05) is 0 Å². The fraction of sp³-hybridized carbons (Fsp3) is 0.118. The summed E-state index contributed by atoms with van der Waals surface area (Å²) in [5.74, 6) is -0.516. The summed E-state index contributed by atoms with van der Waals surface area (Å²) in [4.78, 5) is 13.1. The Hall–Kier alpha value is -1.27. The molecular formula is C17H17ClFN3NaO6PS. The van der Waals surface area contributed by atoms with Crippen LogP contribution in [0.2, 0.25) is 5.15 Å². The Morgan fingerprint density at radius 2 is 1.87 bits per heavy atom. The van der Waals surface area contributed by atoms with Crippen LogP contribution in [0.15, 0.2) is 53.7 Å². The van der Waals surface area contributed by atoms with Crippen molar-refractivity contribution in [1.82, 2.24) is 14.0 Å². The molecule has 14 heteroatoms. The summed E-state index contributed by atoms with van der Waals surface area (Å²) in [6, 6.07) is 9.61. The second kappa shape index (κ2) is 10.1. The summed E-state index contributed by atoms with van der Waals surface area (Å²) in [5, 5.41) is 0.110. The molecule has 0 aliphatic heterocycles. The topological polar surface area (TPSA) is 120 Å². The zero-order chi connectivity index (χ0) is 22.1. The van der Waals surface area contributed by atoms with Gasteiger partial charge in [0.15, 0.2) is 16.7 Å². The van der Waals surface area contributed by atoms with Gasteiger partial charge in [-0.1, -0.05) is 11.6 Å². The standard InChI is InChI=1S/C17H16ClFN3O6PS.Na.H/c1-27-15-8-3-11(9-14(15)19)16-17(18)20-10-22(16)12-4-6-13(7-5-12)30(25,26)21-29(23,24)28-2;;/h3-10H,1-2H3,(H2,21,23,24);;/q;+1;-1. The Balaban J connectivity index is 0.00000256. The number of ether oxygens (including phenoxy) is 1. The zero-order valence-corrected chi connectivity index (χ0v) is 21.1. The quantitative estimate of drug-likeness (QED) is 0.358. The largest absolute Gasteiger partial charge is 1.00 e. The van der Waals surface area contributed by atoms with Gasteiger partial charge in [0.05, 0.1) is 17.7 Å². The number of hydrogen-bond donors (Lipinski definition) is 2. The molecule has 1 aromatic heterocycles. The molecule has 2 N–H and O–H groups in total. The van der Waals surface area contributed by atoms with Crippen molar-refractivity contribution in [3.05, 3.63) is 59.8 Å². The van der Waals surface area contributed by atoms with Gasteiger partial charge >= 0.3 is 37.3 Å². The Labute approximate surface area is 206 Å². The first-order valence-corrected chi connectivity index (χ1v) is 11.6. The summed E-state index contributed by atoms with van der Waals surface area (Å²) >= 11 is 6.18. The first kappa shape index (κ1) is 26.0. The normalized spacial score (nSPS) is 13.3. The zero-order valence-electron chi connectivity index (χ0n) is 17.6. The predicted molar refractivity (Wildman–Crippen MR) is 109 cm³/mol. The number of sulfonamides is 1. The van der Waals surface area contributed by atoms with Gasteiger partial charge in [0.25, 0.3) is 0 Å². The number of nitrogens with zero attached hydrogens (tertiary/aromatic N) is 2. The Morgan fingerprint density at radius 3 is 2.42 bits per heavy atom. The number of rotatable bonds is 7. The van der Waals surface area contributed by atoms with E-state index < -0.39 is 23.6 Å². The number of hydrogen-bond acceptors (Lipinski definition) is 6. The van der Waals surface area contributed by atoms with Crippen molar-refractivity contribution in [3.8, 4) is 22.7 Å². The van der Waals surface area contributed by atoms with Gasteiger partial charge in [-0.3, -0.25) is 9.09 Å². The van der Waals surface area contributed by atoms with Gasteiger partial charge in [0.2, 0.25) is 10.0 Å². The molecule has 3 aromatic rings. The Kier molecular flexibility index (Phi) is 8.48. The molecule has 2 aromatic carbocycles. The minimum atomic E-state index is -4.50. The van der Waals surface area contributed by atoms with Crippen LogP contribution in [0.1, 0.15) is 1.43 Å². The van der Waals surface area contributed by atoms with Crippen molar-refractivity contribution in [3.63, 3.8) is 0 Å². The van der Waals surface area contributed by atoms with E-state index in [0.29, 0.717) is 16.9 Å². The summed E-state index contributed by atoms with van der Waals surface area (Å²) in [6.45, 7) is 0. The van der Waals surface area contributed by atoms with E-state index in [2.05, 4.69) is 9.51 Å². The van der Waals surface area contributed by atoms with Crippen LogP contribution in [-0.4, -0.2) is 37.1 Å². The van der Waals surface area contributed by atoms with Gasteiger partial charge in [-0.25, -0.2) is 22.4 Å². The molecule has 162 valence electrons. The number of halogens is 2. The third-order valence-electron chi connectivity index (χ3n) is 4.06.